The van der Waals surface area contributed by atoms with Gasteiger partial charge in [0.05, 0.1) is 4.47 Å². The van der Waals surface area contributed by atoms with Crippen molar-refractivity contribution in [3.63, 3.8) is 0 Å². The van der Waals surface area contributed by atoms with Gasteiger partial charge in [0.25, 0.3) is 0 Å². The van der Waals surface area contributed by atoms with E-state index in [0.717, 1.165) is 12.8 Å². The molecule has 2 unspecified atom stereocenters. The number of benzene rings is 1. The van der Waals surface area contributed by atoms with Gasteiger partial charge in [0.1, 0.15) is 17.4 Å². The normalized spacial score (nSPS) is 28.9. The monoisotopic (exact) mass is 328 g/mol. The number of Topliss-reactive ketones (excluding diaryl/α,β-unsaturated/α-hetero) is 1. The Balaban J connectivity index is 1.75. The summed E-state index contributed by atoms with van der Waals surface area (Å²) in [5, 5.41) is 0. The summed E-state index contributed by atoms with van der Waals surface area (Å²) in [6.45, 7) is 0. The predicted octanol–water partition coefficient (Wildman–Crippen LogP) is 4.28. The molecule has 1 aromatic carbocycles. The Morgan fingerprint density at radius 1 is 1.21 bits per heavy atom. The highest BCUT2D eigenvalue weighted by Crippen LogP contribution is 2.56. The van der Waals surface area contributed by atoms with Gasteiger partial charge in [-0.2, -0.15) is 0 Å². The van der Waals surface area contributed by atoms with E-state index >= 15 is 0 Å². The molecule has 0 spiro atoms. The zero-order valence-electron chi connectivity index (χ0n) is 10.5. The fourth-order valence-electron chi connectivity index (χ4n) is 3.49. The molecular weight excluding hydrogens is 314 g/mol. The summed E-state index contributed by atoms with van der Waals surface area (Å²) < 4.78 is 27.7. The number of rotatable bonds is 3. The Morgan fingerprint density at radius 3 is 2.47 bits per heavy atom. The molecule has 0 N–H and O–H groups in total. The lowest BCUT2D eigenvalue weighted by Gasteiger charge is -2.06. The molecular formula is C15H15BrF2O. The predicted molar refractivity (Wildman–Crippen MR) is 71.7 cm³/mol. The third-order valence-corrected chi connectivity index (χ3v) is 5.13. The average molecular weight is 329 g/mol. The maximum atomic E-state index is 13.8. The van der Waals surface area contributed by atoms with Crippen LogP contribution in [0.5, 0.6) is 0 Å². The minimum absolute atomic E-state index is 0.00722. The molecule has 1 nitrogen and oxygen atoms in total. The molecule has 0 bridgehead atoms. The molecule has 0 amide bonds. The van der Waals surface area contributed by atoms with Gasteiger partial charge in [-0.25, -0.2) is 8.78 Å². The van der Waals surface area contributed by atoms with E-state index < -0.39 is 11.6 Å². The van der Waals surface area contributed by atoms with Gasteiger partial charge < -0.3 is 0 Å². The van der Waals surface area contributed by atoms with Gasteiger partial charge in [-0.1, -0.05) is 12.8 Å². The summed E-state index contributed by atoms with van der Waals surface area (Å²) in [6.07, 6.45) is 4.46. The van der Waals surface area contributed by atoms with Crippen LogP contribution in [0, 0.1) is 29.4 Å². The number of hydrogen-bond acceptors (Lipinski definition) is 1. The van der Waals surface area contributed by atoms with Crippen LogP contribution in [0.2, 0.25) is 0 Å². The van der Waals surface area contributed by atoms with E-state index in [1.54, 1.807) is 0 Å². The number of hydrogen-bond donors (Lipinski definition) is 0. The smallest absolute Gasteiger partial charge is 0.143 e. The minimum Gasteiger partial charge on any atom is -0.299 e. The number of carbonyl (C=O) groups is 1. The van der Waals surface area contributed by atoms with Crippen molar-refractivity contribution in [1.29, 1.82) is 0 Å². The van der Waals surface area contributed by atoms with E-state index in [0.29, 0.717) is 11.8 Å². The zero-order valence-corrected chi connectivity index (χ0v) is 12.1. The standard InChI is InChI=1S/C15H15BrF2O/c16-11-5-6-12(17)10(15(11)18)7-13(19)14-8-3-1-2-4-9(8)14/h5-6,8-9,14H,1-4,7H2. The Kier molecular flexibility index (Phi) is 3.46. The van der Waals surface area contributed by atoms with E-state index in [1.165, 1.54) is 25.0 Å². The lowest BCUT2D eigenvalue weighted by atomic mass is 10.0. The van der Waals surface area contributed by atoms with E-state index in [1.807, 2.05) is 0 Å². The van der Waals surface area contributed by atoms with E-state index in [-0.39, 0.29) is 28.2 Å². The summed E-state index contributed by atoms with van der Waals surface area (Å²) in [4.78, 5) is 12.2. The minimum atomic E-state index is -0.642. The van der Waals surface area contributed by atoms with Gasteiger partial charge in [0.15, 0.2) is 0 Å². The van der Waals surface area contributed by atoms with Crippen LogP contribution in [-0.2, 0) is 11.2 Å². The Labute approximate surface area is 119 Å². The highest BCUT2D eigenvalue weighted by molar-refractivity contribution is 9.10. The molecule has 2 fully saturated rings. The Bertz CT molecular complexity index is 517. The summed E-state index contributed by atoms with van der Waals surface area (Å²) >= 11 is 3.03. The molecule has 4 heteroatoms. The fraction of sp³-hybridized carbons (Fsp3) is 0.533. The van der Waals surface area contributed by atoms with Gasteiger partial charge in [-0.05, 0) is 52.7 Å². The number of halogens is 3. The molecule has 2 aliphatic carbocycles. The highest BCUT2D eigenvalue weighted by Gasteiger charge is 2.54. The molecule has 102 valence electrons. The van der Waals surface area contributed by atoms with Crippen LogP contribution in [0.3, 0.4) is 0 Å². The molecule has 0 aromatic heterocycles. The van der Waals surface area contributed by atoms with Gasteiger partial charge in [0.2, 0.25) is 0 Å². The molecule has 0 aliphatic heterocycles. The summed E-state index contributed by atoms with van der Waals surface area (Å²) in [5.74, 6) is -0.234. The molecule has 0 saturated heterocycles. The number of carbonyl (C=O) groups excluding carboxylic acids is 1. The molecule has 1 aromatic rings. The van der Waals surface area contributed by atoms with Gasteiger partial charge >= 0.3 is 0 Å². The second kappa shape index (κ2) is 4.97. The summed E-state index contributed by atoms with van der Waals surface area (Å²) in [5.41, 5.74) is -0.0944. The van der Waals surface area contributed by atoms with Crippen LogP contribution in [0.15, 0.2) is 16.6 Å². The lowest BCUT2D eigenvalue weighted by molar-refractivity contribution is -0.120. The maximum Gasteiger partial charge on any atom is 0.143 e. The van der Waals surface area contributed by atoms with Gasteiger partial charge in [-0.3, -0.25) is 4.79 Å². The molecule has 2 saturated carbocycles. The highest BCUT2D eigenvalue weighted by atomic mass is 79.9. The molecule has 2 aliphatic rings. The van der Waals surface area contributed by atoms with Crippen molar-refractivity contribution < 1.29 is 13.6 Å². The molecule has 19 heavy (non-hydrogen) atoms. The average Bonchev–Trinajstić information content (AvgIpc) is 3.13. The second-order valence-electron chi connectivity index (χ2n) is 5.60. The van der Waals surface area contributed by atoms with Crippen molar-refractivity contribution >= 4 is 21.7 Å². The molecule has 0 radical (unpaired) electrons. The zero-order chi connectivity index (χ0) is 13.6. The van der Waals surface area contributed by atoms with Crippen LogP contribution in [0.1, 0.15) is 31.2 Å². The SMILES string of the molecule is O=C(Cc1c(F)ccc(Br)c1F)C1C2CCCCC21. The van der Waals surface area contributed by atoms with Crippen molar-refractivity contribution in [3.8, 4) is 0 Å². The lowest BCUT2D eigenvalue weighted by Crippen LogP contribution is -2.10. The first-order chi connectivity index (χ1) is 9.09. The topological polar surface area (TPSA) is 17.1 Å². The maximum absolute atomic E-state index is 13.8. The largest absolute Gasteiger partial charge is 0.299 e. The molecule has 0 heterocycles. The van der Waals surface area contributed by atoms with Crippen molar-refractivity contribution in [3.05, 3.63) is 33.8 Å². The first-order valence-electron chi connectivity index (χ1n) is 6.74. The Hall–Kier alpha value is -0.770. The summed E-state index contributed by atoms with van der Waals surface area (Å²) in [7, 11) is 0. The van der Waals surface area contributed by atoms with Gasteiger partial charge in [-0.15, -0.1) is 0 Å². The van der Waals surface area contributed by atoms with Crippen molar-refractivity contribution in [1.82, 2.24) is 0 Å². The molecule has 3 rings (SSSR count). The second-order valence-corrected chi connectivity index (χ2v) is 6.46. The summed E-state index contributed by atoms with van der Waals surface area (Å²) in [6, 6.07) is 2.53. The van der Waals surface area contributed by atoms with E-state index in [2.05, 4.69) is 15.9 Å². The number of fused-ring (bicyclic) bond motifs is 1. The van der Waals surface area contributed by atoms with E-state index in [4.69, 9.17) is 0 Å². The van der Waals surface area contributed by atoms with Crippen LogP contribution >= 0.6 is 15.9 Å². The number of ketones is 1. The van der Waals surface area contributed by atoms with Crippen molar-refractivity contribution in [2.75, 3.05) is 0 Å². The van der Waals surface area contributed by atoms with Crippen molar-refractivity contribution in [2.24, 2.45) is 17.8 Å². The fourth-order valence-corrected chi connectivity index (χ4v) is 3.86. The first kappa shape index (κ1) is 13.2. The van der Waals surface area contributed by atoms with E-state index in [9.17, 15) is 13.6 Å². The Morgan fingerprint density at radius 2 is 1.84 bits per heavy atom. The molecule has 2 atom stereocenters. The van der Waals surface area contributed by atoms with Crippen LogP contribution in [0.4, 0.5) is 8.78 Å². The quantitative estimate of drug-likeness (QED) is 0.757. The van der Waals surface area contributed by atoms with Gasteiger partial charge in [0, 0.05) is 17.9 Å². The first-order valence-corrected chi connectivity index (χ1v) is 7.54. The third kappa shape index (κ3) is 2.35. The van der Waals surface area contributed by atoms with Crippen LogP contribution < -0.4 is 0 Å². The van der Waals surface area contributed by atoms with Crippen LogP contribution in [-0.4, -0.2) is 5.78 Å². The van der Waals surface area contributed by atoms with Crippen LogP contribution in [0.25, 0.3) is 0 Å². The third-order valence-electron chi connectivity index (χ3n) is 4.52. The van der Waals surface area contributed by atoms with Crippen molar-refractivity contribution in [2.45, 2.75) is 32.1 Å².